The number of rotatable bonds is 4. The molecule has 0 radical (unpaired) electrons. The number of esters is 1. The summed E-state index contributed by atoms with van der Waals surface area (Å²) in [6.07, 6.45) is 2.04. The lowest BCUT2D eigenvalue weighted by atomic mass is 9.98. The van der Waals surface area contributed by atoms with E-state index in [0.717, 1.165) is 36.3 Å². The summed E-state index contributed by atoms with van der Waals surface area (Å²) < 4.78 is 6.28. The Balaban J connectivity index is 1.88. The third kappa shape index (κ3) is 3.80. The first-order chi connectivity index (χ1) is 8.69. The maximum Gasteiger partial charge on any atom is 0.310 e. The summed E-state index contributed by atoms with van der Waals surface area (Å²) in [6, 6.07) is 2.15. The summed E-state index contributed by atoms with van der Waals surface area (Å²) in [5.74, 6) is 0.0227. The lowest BCUT2D eigenvalue weighted by molar-refractivity contribution is -0.150. The van der Waals surface area contributed by atoms with E-state index in [1.807, 2.05) is 6.92 Å². The molecule has 5 heteroatoms. The second-order valence-electron chi connectivity index (χ2n) is 4.59. The Bertz CT molecular complexity index is 407. The van der Waals surface area contributed by atoms with Gasteiger partial charge in [0.1, 0.15) is 0 Å². The van der Waals surface area contributed by atoms with Gasteiger partial charge in [-0.25, -0.2) is 0 Å². The van der Waals surface area contributed by atoms with Crippen molar-refractivity contribution in [1.82, 2.24) is 4.90 Å². The normalized spacial score (nSPS) is 20.9. The Morgan fingerprint density at radius 1 is 1.67 bits per heavy atom. The number of halogens is 1. The zero-order valence-electron chi connectivity index (χ0n) is 10.5. The van der Waals surface area contributed by atoms with Crippen LogP contribution in [0.3, 0.4) is 0 Å². The number of likely N-dealkylation sites (tertiary alicyclic amines) is 1. The van der Waals surface area contributed by atoms with Crippen LogP contribution in [-0.4, -0.2) is 30.6 Å². The third-order valence-electron chi connectivity index (χ3n) is 3.15. The van der Waals surface area contributed by atoms with Crippen LogP contribution in [0.25, 0.3) is 0 Å². The maximum absolute atomic E-state index is 11.7. The first kappa shape index (κ1) is 14.0. The molecule has 0 aliphatic carbocycles. The summed E-state index contributed by atoms with van der Waals surface area (Å²) in [5, 5.41) is 2.16. The van der Waals surface area contributed by atoms with Crippen LogP contribution >= 0.6 is 27.3 Å². The van der Waals surface area contributed by atoms with Gasteiger partial charge in [-0.2, -0.15) is 0 Å². The quantitative estimate of drug-likeness (QED) is 0.793. The van der Waals surface area contributed by atoms with Crippen molar-refractivity contribution in [3.8, 4) is 0 Å². The largest absolute Gasteiger partial charge is 0.466 e. The highest BCUT2D eigenvalue weighted by molar-refractivity contribution is 9.11. The molecule has 1 aliphatic heterocycles. The van der Waals surface area contributed by atoms with Crippen molar-refractivity contribution in [2.45, 2.75) is 26.3 Å². The van der Waals surface area contributed by atoms with Crippen molar-refractivity contribution >= 4 is 33.2 Å². The van der Waals surface area contributed by atoms with Gasteiger partial charge in [-0.05, 0) is 59.2 Å². The second-order valence-corrected chi connectivity index (χ2v) is 6.88. The van der Waals surface area contributed by atoms with E-state index in [2.05, 4.69) is 32.3 Å². The predicted molar refractivity (Wildman–Crippen MR) is 76.7 cm³/mol. The standard InChI is InChI=1S/C13H18BrNO2S/c1-2-17-13(16)11-4-3-5-15(8-11)7-10-6-12(14)18-9-10/h6,9,11H,2-5,7-8H2,1H3/t11-/m1/s1. The summed E-state index contributed by atoms with van der Waals surface area (Å²) in [4.78, 5) is 14.1. The summed E-state index contributed by atoms with van der Waals surface area (Å²) in [7, 11) is 0. The smallest absolute Gasteiger partial charge is 0.310 e. The van der Waals surface area contributed by atoms with Gasteiger partial charge < -0.3 is 4.74 Å². The highest BCUT2D eigenvalue weighted by atomic mass is 79.9. The van der Waals surface area contributed by atoms with Crippen LogP contribution in [0.2, 0.25) is 0 Å². The van der Waals surface area contributed by atoms with Crippen molar-refractivity contribution in [1.29, 1.82) is 0 Å². The Morgan fingerprint density at radius 3 is 3.17 bits per heavy atom. The van der Waals surface area contributed by atoms with Gasteiger partial charge in [-0.3, -0.25) is 9.69 Å². The van der Waals surface area contributed by atoms with E-state index in [1.54, 1.807) is 11.3 Å². The van der Waals surface area contributed by atoms with Gasteiger partial charge in [0.25, 0.3) is 0 Å². The van der Waals surface area contributed by atoms with Crippen molar-refractivity contribution < 1.29 is 9.53 Å². The third-order valence-corrected chi connectivity index (χ3v) is 4.71. The molecule has 100 valence electrons. The van der Waals surface area contributed by atoms with Crippen LogP contribution in [0.15, 0.2) is 15.2 Å². The van der Waals surface area contributed by atoms with Crippen LogP contribution in [0.1, 0.15) is 25.3 Å². The molecule has 2 rings (SSSR count). The van der Waals surface area contributed by atoms with Gasteiger partial charge in [-0.1, -0.05) is 0 Å². The van der Waals surface area contributed by atoms with Crippen molar-refractivity contribution in [3.63, 3.8) is 0 Å². The molecule has 1 aromatic heterocycles. The fourth-order valence-corrected chi connectivity index (χ4v) is 3.54. The summed E-state index contributed by atoms with van der Waals surface area (Å²) in [5.41, 5.74) is 1.32. The zero-order chi connectivity index (χ0) is 13.0. The fourth-order valence-electron chi connectivity index (χ4n) is 2.34. The first-order valence-electron chi connectivity index (χ1n) is 6.31. The van der Waals surface area contributed by atoms with Crippen molar-refractivity contribution in [2.75, 3.05) is 19.7 Å². The highest BCUT2D eigenvalue weighted by Crippen LogP contribution is 2.24. The molecule has 0 bridgehead atoms. The molecule has 18 heavy (non-hydrogen) atoms. The van der Waals surface area contributed by atoms with E-state index in [9.17, 15) is 4.79 Å². The highest BCUT2D eigenvalue weighted by Gasteiger charge is 2.26. The minimum atomic E-state index is -0.0336. The van der Waals surface area contributed by atoms with E-state index in [4.69, 9.17) is 4.74 Å². The molecule has 0 saturated carbocycles. The van der Waals surface area contributed by atoms with Crippen LogP contribution < -0.4 is 0 Å². The monoisotopic (exact) mass is 331 g/mol. The number of hydrogen-bond donors (Lipinski definition) is 0. The van der Waals surface area contributed by atoms with E-state index in [0.29, 0.717) is 6.61 Å². The molecule has 1 fully saturated rings. The van der Waals surface area contributed by atoms with E-state index in [-0.39, 0.29) is 11.9 Å². The van der Waals surface area contributed by atoms with Crippen LogP contribution in [-0.2, 0) is 16.1 Å². The molecule has 2 heterocycles. The average Bonchev–Trinajstić information content (AvgIpc) is 2.75. The Kier molecular flexibility index (Phi) is 5.21. The number of carbonyl (C=O) groups is 1. The number of carbonyl (C=O) groups excluding carboxylic acids is 1. The fraction of sp³-hybridized carbons (Fsp3) is 0.615. The van der Waals surface area contributed by atoms with Gasteiger partial charge in [0, 0.05) is 13.1 Å². The molecule has 0 aromatic carbocycles. The first-order valence-corrected chi connectivity index (χ1v) is 7.98. The number of piperidine rings is 1. The van der Waals surface area contributed by atoms with Crippen molar-refractivity contribution in [2.24, 2.45) is 5.92 Å². The molecule has 1 saturated heterocycles. The second kappa shape index (κ2) is 6.68. The van der Waals surface area contributed by atoms with Gasteiger partial charge >= 0.3 is 5.97 Å². The van der Waals surface area contributed by atoms with Gasteiger partial charge in [0.15, 0.2) is 0 Å². The average molecular weight is 332 g/mol. The maximum atomic E-state index is 11.7. The molecule has 0 amide bonds. The number of nitrogens with zero attached hydrogens (tertiary/aromatic N) is 1. The molecule has 1 aliphatic rings. The minimum Gasteiger partial charge on any atom is -0.466 e. The lowest BCUT2D eigenvalue weighted by Gasteiger charge is -2.31. The molecule has 1 aromatic rings. The Hall–Kier alpha value is -0.390. The molecular formula is C13H18BrNO2S. The number of hydrogen-bond acceptors (Lipinski definition) is 4. The molecule has 1 atom stereocenters. The zero-order valence-corrected chi connectivity index (χ0v) is 12.9. The van der Waals surface area contributed by atoms with E-state index in [1.165, 1.54) is 5.56 Å². The SMILES string of the molecule is CCOC(=O)[C@@H]1CCCN(Cc2csc(Br)c2)C1. The van der Waals surface area contributed by atoms with E-state index >= 15 is 0 Å². The Morgan fingerprint density at radius 2 is 2.50 bits per heavy atom. The Labute approximate surface area is 120 Å². The van der Waals surface area contributed by atoms with Gasteiger partial charge in [0.05, 0.1) is 16.3 Å². The molecular weight excluding hydrogens is 314 g/mol. The van der Waals surface area contributed by atoms with Crippen LogP contribution in [0, 0.1) is 5.92 Å². The topological polar surface area (TPSA) is 29.5 Å². The number of ether oxygens (including phenoxy) is 1. The van der Waals surface area contributed by atoms with Crippen molar-refractivity contribution in [3.05, 3.63) is 20.8 Å². The van der Waals surface area contributed by atoms with Crippen LogP contribution in [0.5, 0.6) is 0 Å². The summed E-state index contributed by atoms with van der Waals surface area (Å²) in [6.45, 7) is 5.17. The molecule has 0 unspecified atom stereocenters. The minimum absolute atomic E-state index is 0.0336. The van der Waals surface area contributed by atoms with Gasteiger partial charge in [-0.15, -0.1) is 11.3 Å². The number of thiophene rings is 1. The summed E-state index contributed by atoms with van der Waals surface area (Å²) >= 11 is 5.19. The van der Waals surface area contributed by atoms with E-state index < -0.39 is 0 Å². The lowest BCUT2D eigenvalue weighted by Crippen LogP contribution is -2.38. The van der Waals surface area contributed by atoms with Crippen LogP contribution in [0.4, 0.5) is 0 Å². The molecule has 0 N–H and O–H groups in total. The van der Waals surface area contributed by atoms with Gasteiger partial charge in [0.2, 0.25) is 0 Å². The molecule has 0 spiro atoms. The molecule has 3 nitrogen and oxygen atoms in total. The predicted octanol–water partition coefficient (Wildman–Crippen LogP) is 3.29.